The SMILES string of the molecule is Cc1nc2c(c(=O)[nH]1)CN(Cc1cnc(N)nc1)CC2. The molecule has 104 valence electrons. The molecule has 0 unspecified atom stereocenters. The average molecular weight is 272 g/mol. The Morgan fingerprint density at radius 3 is 2.90 bits per heavy atom. The molecule has 0 atom stereocenters. The highest BCUT2D eigenvalue weighted by Crippen LogP contribution is 2.15. The Balaban J connectivity index is 1.79. The van der Waals surface area contributed by atoms with Crippen molar-refractivity contribution < 1.29 is 0 Å². The van der Waals surface area contributed by atoms with E-state index in [0.29, 0.717) is 18.9 Å². The summed E-state index contributed by atoms with van der Waals surface area (Å²) in [7, 11) is 0. The number of nitrogens with two attached hydrogens (primary N) is 1. The smallest absolute Gasteiger partial charge is 0.255 e. The van der Waals surface area contributed by atoms with Gasteiger partial charge >= 0.3 is 0 Å². The van der Waals surface area contributed by atoms with Gasteiger partial charge in [-0.3, -0.25) is 9.69 Å². The zero-order valence-corrected chi connectivity index (χ0v) is 11.3. The topological polar surface area (TPSA) is 101 Å². The van der Waals surface area contributed by atoms with Crippen LogP contribution in [0.15, 0.2) is 17.2 Å². The number of aromatic amines is 1. The number of aryl methyl sites for hydroxylation is 1. The second-order valence-corrected chi connectivity index (χ2v) is 4.99. The summed E-state index contributed by atoms with van der Waals surface area (Å²) < 4.78 is 0. The van der Waals surface area contributed by atoms with Gasteiger partial charge in [0.1, 0.15) is 5.82 Å². The predicted molar refractivity (Wildman–Crippen MR) is 73.9 cm³/mol. The van der Waals surface area contributed by atoms with Crippen LogP contribution >= 0.6 is 0 Å². The van der Waals surface area contributed by atoms with Gasteiger partial charge in [0.25, 0.3) is 5.56 Å². The predicted octanol–water partition coefficient (Wildman–Crippen LogP) is 0.00882. The third-order valence-electron chi connectivity index (χ3n) is 3.40. The molecule has 0 aliphatic carbocycles. The molecule has 7 nitrogen and oxygen atoms in total. The lowest BCUT2D eigenvalue weighted by Crippen LogP contribution is -2.35. The second kappa shape index (κ2) is 5.01. The number of nitrogens with zero attached hydrogens (tertiary/aromatic N) is 4. The van der Waals surface area contributed by atoms with E-state index in [0.717, 1.165) is 29.8 Å². The molecular formula is C13H16N6O. The number of nitrogen functional groups attached to an aromatic ring is 1. The van der Waals surface area contributed by atoms with Crippen LogP contribution in [0.25, 0.3) is 0 Å². The normalized spacial score (nSPS) is 15.1. The molecule has 1 aliphatic rings. The highest BCUT2D eigenvalue weighted by atomic mass is 16.1. The first-order valence-electron chi connectivity index (χ1n) is 6.49. The van der Waals surface area contributed by atoms with Crippen molar-refractivity contribution in [3.63, 3.8) is 0 Å². The molecule has 3 N–H and O–H groups in total. The largest absolute Gasteiger partial charge is 0.368 e. The maximum Gasteiger partial charge on any atom is 0.255 e. The molecule has 7 heteroatoms. The highest BCUT2D eigenvalue weighted by molar-refractivity contribution is 5.22. The van der Waals surface area contributed by atoms with Crippen molar-refractivity contribution in [3.8, 4) is 0 Å². The third kappa shape index (κ3) is 2.53. The fourth-order valence-electron chi connectivity index (χ4n) is 2.44. The number of nitrogens with one attached hydrogen (secondary N) is 1. The molecule has 0 saturated carbocycles. The van der Waals surface area contributed by atoms with Crippen LogP contribution in [0.3, 0.4) is 0 Å². The summed E-state index contributed by atoms with van der Waals surface area (Å²) in [4.78, 5) is 29.3. The molecule has 0 bridgehead atoms. The summed E-state index contributed by atoms with van der Waals surface area (Å²) >= 11 is 0. The summed E-state index contributed by atoms with van der Waals surface area (Å²) in [5, 5.41) is 0. The van der Waals surface area contributed by atoms with Crippen LogP contribution in [0.1, 0.15) is 22.6 Å². The van der Waals surface area contributed by atoms with Crippen LogP contribution < -0.4 is 11.3 Å². The van der Waals surface area contributed by atoms with E-state index in [1.54, 1.807) is 19.3 Å². The number of hydrogen-bond donors (Lipinski definition) is 2. The number of hydrogen-bond acceptors (Lipinski definition) is 6. The third-order valence-corrected chi connectivity index (χ3v) is 3.40. The molecule has 0 fully saturated rings. The van der Waals surface area contributed by atoms with Gasteiger partial charge in [0, 0.05) is 44.0 Å². The fourth-order valence-corrected chi connectivity index (χ4v) is 2.44. The van der Waals surface area contributed by atoms with Crippen LogP contribution in [0, 0.1) is 6.92 Å². The number of rotatable bonds is 2. The molecule has 1 aliphatic heterocycles. The van der Waals surface area contributed by atoms with Crippen molar-refractivity contribution in [1.29, 1.82) is 0 Å². The number of aromatic nitrogens is 4. The van der Waals surface area contributed by atoms with E-state index in [-0.39, 0.29) is 11.5 Å². The quantitative estimate of drug-likeness (QED) is 0.798. The van der Waals surface area contributed by atoms with E-state index in [4.69, 9.17) is 5.73 Å². The van der Waals surface area contributed by atoms with Gasteiger partial charge in [-0.25, -0.2) is 15.0 Å². The molecule has 2 aromatic rings. The maximum atomic E-state index is 12.0. The van der Waals surface area contributed by atoms with Gasteiger partial charge in [-0.2, -0.15) is 0 Å². The first-order valence-corrected chi connectivity index (χ1v) is 6.49. The molecule has 2 aromatic heterocycles. The summed E-state index contributed by atoms with van der Waals surface area (Å²) in [5.74, 6) is 0.947. The molecule has 3 rings (SSSR count). The van der Waals surface area contributed by atoms with E-state index < -0.39 is 0 Å². The van der Waals surface area contributed by atoms with E-state index in [9.17, 15) is 4.79 Å². The van der Waals surface area contributed by atoms with Gasteiger partial charge in [0.05, 0.1) is 11.3 Å². The Morgan fingerprint density at radius 2 is 2.15 bits per heavy atom. The van der Waals surface area contributed by atoms with Crippen molar-refractivity contribution in [2.45, 2.75) is 26.4 Å². The standard InChI is InChI=1S/C13H16N6O/c1-8-17-11-2-3-19(7-10(11)12(20)18-8)6-9-4-15-13(14)16-5-9/h4-5H,2-3,6-7H2,1H3,(H2,14,15,16)(H,17,18,20). The zero-order valence-electron chi connectivity index (χ0n) is 11.3. The lowest BCUT2D eigenvalue weighted by atomic mass is 10.1. The number of fused-ring (bicyclic) bond motifs is 1. The molecule has 20 heavy (non-hydrogen) atoms. The van der Waals surface area contributed by atoms with Crippen molar-refractivity contribution in [2.24, 2.45) is 0 Å². The lowest BCUT2D eigenvalue weighted by Gasteiger charge is -2.27. The molecule has 0 aromatic carbocycles. The Labute approximate surface area is 115 Å². The first kappa shape index (κ1) is 12.7. The lowest BCUT2D eigenvalue weighted by molar-refractivity contribution is 0.241. The van der Waals surface area contributed by atoms with E-state index in [1.807, 2.05) is 0 Å². The Hall–Kier alpha value is -2.28. The molecule has 0 spiro atoms. The van der Waals surface area contributed by atoms with Crippen molar-refractivity contribution in [1.82, 2.24) is 24.8 Å². The van der Waals surface area contributed by atoms with Gasteiger partial charge in [0.2, 0.25) is 5.95 Å². The van der Waals surface area contributed by atoms with Crippen LogP contribution in [0.5, 0.6) is 0 Å². The fraction of sp³-hybridized carbons (Fsp3) is 0.385. The molecule has 3 heterocycles. The average Bonchev–Trinajstić information content (AvgIpc) is 2.42. The minimum absolute atomic E-state index is 0.0363. The Morgan fingerprint density at radius 1 is 1.40 bits per heavy atom. The summed E-state index contributed by atoms with van der Waals surface area (Å²) in [6.07, 6.45) is 4.22. The van der Waals surface area contributed by atoms with Gasteiger partial charge in [0.15, 0.2) is 0 Å². The van der Waals surface area contributed by atoms with Crippen molar-refractivity contribution in [2.75, 3.05) is 12.3 Å². The zero-order chi connectivity index (χ0) is 14.1. The van der Waals surface area contributed by atoms with Crippen LogP contribution in [-0.4, -0.2) is 31.4 Å². The molecule has 0 radical (unpaired) electrons. The first-order chi connectivity index (χ1) is 9.61. The van der Waals surface area contributed by atoms with Gasteiger partial charge in [-0.1, -0.05) is 0 Å². The second-order valence-electron chi connectivity index (χ2n) is 4.99. The summed E-state index contributed by atoms with van der Waals surface area (Å²) in [6.45, 7) is 3.97. The van der Waals surface area contributed by atoms with Crippen LogP contribution in [0.2, 0.25) is 0 Å². The minimum atomic E-state index is -0.0363. The van der Waals surface area contributed by atoms with E-state index in [2.05, 4.69) is 24.8 Å². The molecule has 0 saturated heterocycles. The van der Waals surface area contributed by atoms with Crippen LogP contribution in [0.4, 0.5) is 5.95 Å². The van der Waals surface area contributed by atoms with Gasteiger partial charge < -0.3 is 10.7 Å². The van der Waals surface area contributed by atoms with Crippen molar-refractivity contribution >= 4 is 5.95 Å². The number of H-pyrrole nitrogens is 1. The number of anilines is 1. The van der Waals surface area contributed by atoms with E-state index >= 15 is 0 Å². The Bertz CT molecular complexity index is 678. The Kier molecular flexibility index (Phi) is 3.19. The molecule has 0 amide bonds. The summed E-state index contributed by atoms with van der Waals surface area (Å²) in [6, 6.07) is 0. The molecular weight excluding hydrogens is 256 g/mol. The monoisotopic (exact) mass is 272 g/mol. The van der Waals surface area contributed by atoms with Gasteiger partial charge in [-0.15, -0.1) is 0 Å². The summed E-state index contributed by atoms with van der Waals surface area (Å²) in [5.41, 5.74) is 8.09. The highest BCUT2D eigenvalue weighted by Gasteiger charge is 2.20. The minimum Gasteiger partial charge on any atom is -0.368 e. The maximum absolute atomic E-state index is 12.0. The van der Waals surface area contributed by atoms with Gasteiger partial charge in [-0.05, 0) is 6.92 Å². The van der Waals surface area contributed by atoms with Crippen molar-refractivity contribution in [3.05, 3.63) is 45.4 Å². The van der Waals surface area contributed by atoms with Crippen LogP contribution in [-0.2, 0) is 19.5 Å². The van der Waals surface area contributed by atoms with E-state index in [1.165, 1.54) is 0 Å².